The van der Waals surface area contributed by atoms with Crippen molar-refractivity contribution < 1.29 is 9.50 Å². The van der Waals surface area contributed by atoms with Gasteiger partial charge in [0.1, 0.15) is 0 Å². The Hall–Kier alpha value is -1.54. The van der Waals surface area contributed by atoms with Crippen LogP contribution in [0.3, 0.4) is 0 Å². The van der Waals surface area contributed by atoms with Gasteiger partial charge in [0, 0.05) is 18.1 Å². The van der Waals surface area contributed by atoms with E-state index in [9.17, 15) is 9.50 Å². The maximum Gasteiger partial charge on any atom is 0.191 e. The minimum atomic E-state index is -0.639. The van der Waals surface area contributed by atoms with Gasteiger partial charge in [0.25, 0.3) is 0 Å². The Morgan fingerprint density at radius 3 is 2.64 bits per heavy atom. The summed E-state index contributed by atoms with van der Waals surface area (Å²) in [5, 5.41) is 16.3. The molecule has 2 aromatic rings. The van der Waals surface area contributed by atoms with Gasteiger partial charge >= 0.3 is 0 Å². The Morgan fingerprint density at radius 1 is 1.20 bits per heavy atom. The van der Waals surface area contributed by atoms with Crippen LogP contribution in [0.4, 0.5) is 4.39 Å². The number of phenols is 1. The highest BCUT2D eigenvalue weighted by Crippen LogP contribution is 2.17. The summed E-state index contributed by atoms with van der Waals surface area (Å²) in [5.41, 5.74) is 1.76. The minimum Gasteiger partial charge on any atom is -0.505 e. The first-order chi connectivity index (χ1) is 11.6. The number of phenolic OH excluding ortho intramolecular Hbond substituents is 1. The lowest BCUT2D eigenvalue weighted by atomic mass is 10.1. The highest BCUT2D eigenvalue weighted by atomic mass is 127. The van der Waals surface area contributed by atoms with Crippen LogP contribution in [0, 0.1) is 5.82 Å². The van der Waals surface area contributed by atoms with Gasteiger partial charge in [-0.05, 0) is 42.7 Å². The fourth-order valence-electron chi connectivity index (χ4n) is 2.18. The topological polar surface area (TPSA) is 56.7 Å². The number of rotatable bonds is 6. The van der Waals surface area contributed by atoms with Gasteiger partial charge < -0.3 is 15.7 Å². The maximum atomic E-state index is 13.3. The number of guanidine groups is 1. The second kappa shape index (κ2) is 11.1. The molecule has 136 valence electrons. The van der Waals surface area contributed by atoms with E-state index in [1.165, 1.54) is 12.1 Å². The Balaban J connectivity index is 0.00000312. The third-order valence-corrected chi connectivity index (χ3v) is 3.79. The lowest BCUT2D eigenvalue weighted by molar-refractivity contribution is 0.432. The summed E-state index contributed by atoms with van der Waals surface area (Å²) in [6.45, 7) is 3.70. The van der Waals surface area contributed by atoms with Crippen LogP contribution in [-0.4, -0.2) is 24.2 Å². The van der Waals surface area contributed by atoms with Crippen LogP contribution < -0.4 is 10.6 Å². The summed E-state index contributed by atoms with van der Waals surface area (Å²) in [4.78, 5) is 4.42. The smallest absolute Gasteiger partial charge is 0.191 e. The second-order valence-corrected chi connectivity index (χ2v) is 5.66. The molecular weight excluding hydrogens is 456 g/mol. The molecule has 0 radical (unpaired) electrons. The van der Waals surface area contributed by atoms with Gasteiger partial charge in [-0.2, -0.15) is 0 Å². The molecule has 0 saturated heterocycles. The van der Waals surface area contributed by atoms with E-state index in [1.807, 2.05) is 31.2 Å². The zero-order chi connectivity index (χ0) is 17.4. The Kier molecular flexibility index (Phi) is 9.59. The Labute approximate surface area is 169 Å². The molecule has 0 fully saturated rings. The van der Waals surface area contributed by atoms with E-state index in [2.05, 4.69) is 15.6 Å². The van der Waals surface area contributed by atoms with Crippen molar-refractivity contribution in [1.29, 1.82) is 0 Å². The molecule has 0 amide bonds. The van der Waals surface area contributed by atoms with Gasteiger partial charge in [0.15, 0.2) is 17.5 Å². The minimum absolute atomic E-state index is 0. The predicted octanol–water partition coefficient (Wildman–Crippen LogP) is 4.10. The number of benzene rings is 2. The van der Waals surface area contributed by atoms with Gasteiger partial charge in [-0.25, -0.2) is 9.38 Å². The highest BCUT2D eigenvalue weighted by molar-refractivity contribution is 14.0. The summed E-state index contributed by atoms with van der Waals surface area (Å²) in [7, 11) is 0. The molecule has 0 saturated carbocycles. The molecule has 0 aromatic heterocycles. The van der Waals surface area contributed by atoms with Crippen molar-refractivity contribution in [2.45, 2.75) is 19.9 Å². The Morgan fingerprint density at radius 2 is 1.96 bits per heavy atom. The average molecular weight is 478 g/mol. The van der Waals surface area contributed by atoms with Crippen molar-refractivity contribution >= 4 is 41.5 Å². The highest BCUT2D eigenvalue weighted by Gasteiger charge is 2.03. The fraction of sp³-hybridized carbons (Fsp3) is 0.278. The predicted molar refractivity (Wildman–Crippen MR) is 111 cm³/mol. The van der Waals surface area contributed by atoms with E-state index in [-0.39, 0.29) is 29.7 Å². The number of nitrogens with one attached hydrogen (secondary N) is 2. The van der Waals surface area contributed by atoms with Gasteiger partial charge in [0.2, 0.25) is 0 Å². The van der Waals surface area contributed by atoms with Crippen molar-refractivity contribution in [3.63, 3.8) is 0 Å². The monoisotopic (exact) mass is 477 g/mol. The number of hydrogen-bond donors (Lipinski definition) is 3. The molecule has 0 unspecified atom stereocenters. The number of aliphatic imine (C=N–C) groups is 1. The third kappa shape index (κ3) is 7.07. The zero-order valence-electron chi connectivity index (χ0n) is 13.9. The summed E-state index contributed by atoms with van der Waals surface area (Å²) >= 11 is 6.14. The average Bonchev–Trinajstić information content (AvgIpc) is 2.57. The first-order valence-corrected chi connectivity index (χ1v) is 8.21. The van der Waals surface area contributed by atoms with E-state index >= 15 is 0 Å². The standard InChI is InChI=1S/C18H21ClFN3O.HI/c1-2-21-18(22-10-9-14-5-3-4-6-15(14)19)23-12-13-7-8-17(24)16(20)11-13;/h3-8,11,24H,2,9-10,12H2,1H3,(H2,21,22,23);1H. The SMILES string of the molecule is CCNC(=NCc1ccc(O)c(F)c1)NCCc1ccccc1Cl.I. The van der Waals surface area contributed by atoms with Crippen LogP contribution in [0.2, 0.25) is 5.02 Å². The van der Waals surface area contributed by atoms with Crippen LogP contribution in [0.5, 0.6) is 5.75 Å². The largest absolute Gasteiger partial charge is 0.505 e. The molecule has 0 heterocycles. The van der Waals surface area contributed by atoms with Crippen LogP contribution in [0.1, 0.15) is 18.1 Å². The van der Waals surface area contributed by atoms with Crippen molar-refractivity contribution in [3.8, 4) is 5.75 Å². The Bertz CT molecular complexity index is 712. The van der Waals surface area contributed by atoms with E-state index in [1.54, 1.807) is 6.07 Å². The van der Waals surface area contributed by atoms with Crippen molar-refractivity contribution in [1.82, 2.24) is 10.6 Å². The quantitative estimate of drug-likeness (QED) is 0.334. The first kappa shape index (κ1) is 21.5. The van der Waals surface area contributed by atoms with Crippen LogP contribution in [0.25, 0.3) is 0 Å². The molecule has 0 aliphatic rings. The zero-order valence-corrected chi connectivity index (χ0v) is 17.0. The molecule has 25 heavy (non-hydrogen) atoms. The summed E-state index contributed by atoms with van der Waals surface area (Å²) in [6, 6.07) is 12.0. The van der Waals surface area contributed by atoms with Crippen molar-refractivity contribution in [2.24, 2.45) is 4.99 Å². The molecule has 0 bridgehead atoms. The van der Waals surface area contributed by atoms with Crippen LogP contribution in [0.15, 0.2) is 47.5 Å². The molecule has 0 aliphatic carbocycles. The van der Waals surface area contributed by atoms with Crippen LogP contribution in [-0.2, 0) is 13.0 Å². The second-order valence-electron chi connectivity index (χ2n) is 5.25. The number of aromatic hydroxyl groups is 1. The molecule has 4 nitrogen and oxygen atoms in total. The molecule has 2 rings (SSSR count). The van der Waals surface area contributed by atoms with Gasteiger partial charge in [-0.3, -0.25) is 0 Å². The lowest BCUT2D eigenvalue weighted by Crippen LogP contribution is -2.38. The third-order valence-electron chi connectivity index (χ3n) is 3.42. The van der Waals surface area contributed by atoms with E-state index in [4.69, 9.17) is 11.6 Å². The molecule has 0 aliphatic heterocycles. The normalized spacial score (nSPS) is 10.9. The molecule has 3 N–H and O–H groups in total. The van der Waals surface area contributed by atoms with Crippen LogP contribution >= 0.6 is 35.6 Å². The molecule has 2 aromatic carbocycles. The fourth-order valence-corrected chi connectivity index (χ4v) is 2.41. The lowest BCUT2D eigenvalue weighted by Gasteiger charge is -2.12. The summed E-state index contributed by atoms with van der Waals surface area (Å²) in [6.07, 6.45) is 0.776. The van der Waals surface area contributed by atoms with E-state index in [0.29, 0.717) is 24.6 Å². The van der Waals surface area contributed by atoms with Gasteiger partial charge in [-0.15, -0.1) is 24.0 Å². The molecule has 0 atom stereocenters. The van der Waals surface area contributed by atoms with Crippen molar-refractivity contribution in [2.75, 3.05) is 13.1 Å². The number of halogens is 3. The van der Waals surface area contributed by atoms with Gasteiger partial charge in [-0.1, -0.05) is 35.9 Å². The molecular formula is C18H22ClFIN3O. The molecule has 7 heteroatoms. The number of hydrogen-bond acceptors (Lipinski definition) is 2. The maximum absolute atomic E-state index is 13.3. The van der Waals surface area contributed by atoms with E-state index < -0.39 is 5.82 Å². The molecule has 0 spiro atoms. The first-order valence-electron chi connectivity index (χ1n) is 7.83. The summed E-state index contributed by atoms with van der Waals surface area (Å²) in [5.74, 6) is -0.343. The van der Waals surface area contributed by atoms with Gasteiger partial charge in [0.05, 0.1) is 6.54 Å². The number of nitrogens with zero attached hydrogens (tertiary/aromatic N) is 1. The van der Waals surface area contributed by atoms with Crippen molar-refractivity contribution in [3.05, 3.63) is 64.4 Å². The van der Waals surface area contributed by atoms with E-state index in [0.717, 1.165) is 23.6 Å². The summed E-state index contributed by atoms with van der Waals surface area (Å²) < 4.78 is 13.3.